The fourth-order valence-corrected chi connectivity index (χ4v) is 3.32. The Hall–Kier alpha value is -3.59. The van der Waals surface area contributed by atoms with Gasteiger partial charge in [0.2, 0.25) is 0 Å². The number of nitrogens with one attached hydrogen (secondary N) is 2. The second-order valence-corrected chi connectivity index (χ2v) is 7.16. The van der Waals surface area contributed by atoms with Gasteiger partial charge in [-0.2, -0.15) is 0 Å². The number of H-pyrrole nitrogens is 2. The number of nitrogen functional groups attached to an aromatic ring is 1. The van der Waals surface area contributed by atoms with Gasteiger partial charge < -0.3 is 30.1 Å². The fourth-order valence-electron chi connectivity index (χ4n) is 3.32. The number of anilines is 1. The second-order valence-electron chi connectivity index (χ2n) is 7.16. The highest BCUT2D eigenvalue weighted by Gasteiger charge is 2.19. The zero-order valence-electron chi connectivity index (χ0n) is 16.9. The Bertz CT molecular complexity index is 1300. The highest BCUT2D eigenvalue weighted by atomic mass is 19.1. The molecular weight excluding hydrogens is 389 g/mol. The molecule has 0 fully saturated rings. The van der Waals surface area contributed by atoms with Crippen molar-refractivity contribution in [3.8, 4) is 22.9 Å². The fraction of sp³-hybridized carbons (Fsp3) is 0.238. The largest absolute Gasteiger partial charge is 0.493 e. The quantitative estimate of drug-likeness (QED) is 0.450. The van der Waals surface area contributed by atoms with E-state index in [1.165, 1.54) is 12.1 Å². The van der Waals surface area contributed by atoms with Crippen LogP contribution in [0.5, 0.6) is 11.5 Å². The number of methoxy groups -OCH3 is 1. The van der Waals surface area contributed by atoms with Crippen molar-refractivity contribution < 1.29 is 13.9 Å². The van der Waals surface area contributed by atoms with Gasteiger partial charge in [-0.1, -0.05) is 6.07 Å². The molecule has 2 aromatic heterocycles. The molecule has 0 unspecified atom stereocenters. The van der Waals surface area contributed by atoms with E-state index < -0.39 is 11.4 Å². The van der Waals surface area contributed by atoms with Gasteiger partial charge in [0.05, 0.1) is 34.7 Å². The van der Waals surface area contributed by atoms with Crippen molar-refractivity contribution in [1.29, 1.82) is 0 Å². The molecule has 0 aliphatic heterocycles. The normalized spacial score (nSPS) is 11.5. The Balaban J connectivity index is 1.83. The van der Waals surface area contributed by atoms with E-state index in [1.54, 1.807) is 25.3 Å². The maximum absolute atomic E-state index is 14.3. The maximum atomic E-state index is 14.3. The van der Waals surface area contributed by atoms with Crippen LogP contribution in [-0.2, 0) is 0 Å². The predicted molar refractivity (Wildman–Crippen MR) is 115 cm³/mol. The molecule has 0 saturated heterocycles. The Kier molecular flexibility index (Phi) is 5.04. The average Bonchev–Trinajstić information content (AvgIpc) is 3.09. The summed E-state index contributed by atoms with van der Waals surface area (Å²) in [6, 6.07) is 7.87. The van der Waals surface area contributed by atoms with Crippen molar-refractivity contribution in [2.45, 2.75) is 0 Å². The van der Waals surface area contributed by atoms with Gasteiger partial charge in [0.25, 0.3) is 5.56 Å². The minimum Gasteiger partial charge on any atom is -0.493 e. The number of rotatable bonds is 6. The number of likely N-dealkylation sites (N-methyl/N-ethyl adjacent to an activating group) is 1. The van der Waals surface area contributed by atoms with Gasteiger partial charge in [-0.25, -0.2) is 9.37 Å². The second kappa shape index (κ2) is 7.68. The highest BCUT2D eigenvalue weighted by molar-refractivity contribution is 5.98. The summed E-state index contributed by atoms with van der Waals surface area (Å²) in [6.07, 6.45) is 0. The first-order valence-corrected chi connectivity index (χ1v) is 9.34. The lowest BCUT2D eigenvalue weighted by molar-refractivity contribution is 0.251. The van der Waals surface area contributed by atoms with Crippen molar-refractivity contribution in [1.82, 2.24) is 19.9 Å². The number of aromatic amines is 2. The Morgan fingerprint density at radius 2 is 1.97 bits per heavy atom. The van der Waals surface area contributed by atoms with Crippen LogP contribution < -0.4 is 20.8 Å². The SMILES string of the molecule is COc1cc2[nH]c(-c3c(N)c4c(F)cccc4[nH]c3=O)nc2cc1OCCN(C)C. The number of hydrogen-bond donors (Lipinski definition) is 3. The topological polar surface area (TPSA) is 109 Å². The Labute approximate surface area is 171 Å². The molecule has 4 aromatic rings. The monoisotopic (exact) mass is 411 g/mol. The summed E-state index contributed by atoms with van der Waals surface area (Å²) in [5.41, 5.74) is 7.36. The van der Waals surface area contributed by atoms with Crippen molar-refractivity contribution in [2.75, 3.05) is 40.1 Å². The molecular formula is C21H22FN5O3. The molecule has 2 aromatic carbocycles. The smallest absolute Gasteiger partial charge is 0.261 e. The molecule has 156 valence electrons. The molecule has 9 heteroatoms. The van der Waals surface area contributed by atoms with Crippen LogP contribution in [0.25, 0.3) is 33.3 Å². The molecule has 0 saturated carbocycles. The number of halogens is 1. The molecule has 0 spiro atoms. The summed E-state index contributed by atoms with van der Waals surface area (Å²) in [5, 5.41) is 0.151. The number of fused-ring (bicyclic) bond motifs is 2. The number of pyridine rings is 1. The van der Waals surface area contributed by atoms with Gasteiger partial charge in [-0.15, -0.1) is 0 Å². The predicted octanol–water partition coefficient (Wildman–Crippen LogP) is 2.74. The van der Waals surface area contributed by atoms with Crippen LogP contribution in [0.2, 0.25) is 0 Å². The molecule has 4 rings (SSSR count). The van der Waals surface area contributed by atoms with Crippen molar-refractivity contribution in [3.05, 3.63) is 46.5 Å². The number of aromatic nitrogens is 3. The molecule has 4 N–H and O–H groups in total. The van der Waals surface area contributed by atoms with E-state index in [0.29, 0.717) is 34.7 Å². The van der Waals surface area contributed by atoms with Crippen molar-refractivity contribution >= 4 is 27.6 Å². The molecule has 30 heavy (non-hydrogen) atoms. The summed E-state index contributed by atoms with van der Waals surface area (Å²) in [6.45, 7) is 1.21. The lowest BCUT2D eigenvalue weighted by Crippen LogP contribution is -2.19. The number of benzene rings is 2. The summed E-state index contributed by atoms with van der Waals surface area (Å²) in [5.74, 6) is 0.789. The van der Waals surface area contributed by atoms with E-state index in [-0.39, 0.29) is 22.5 Å². The van der Waals surface area contributed by atoms with Crippen LogP contribution in [0.4, 0.5) is 10.1 Å². The molecule has 0 atom stereocenters. The molecule has 8 nitrogen and oxygen atoms in total. The van der Waals surface area contributed by atoms with E-state index in [2.05, 4.69) is 15.0 Å². The third-order valence-electron chi connectivity index (χ3n) is 4.83. The Morgan fingerprint density at radius 1 is 1.17 bits per heavy atom. The first kappa shape index (κ1) is 19.7. The summed E-state index contributed by atoms with van der Waals surface area (Å²) < 4.78 is 25.6. The third kappa shape index (κ3) is 3.43. The first-order chi connectivity index (χ1) is 14.4. The van der Waals surface area contributed by atoms with Crippen LogP contribution in [-0.4, -0.2) is 54.2 Å². The average molecular weight is 411 g/mol. The van der Waals surface area contributed by atoms with Gasteiger partial charge in [-0.3, -0.25) is 4.79 Å². The van der Waals surface area contributed by atoms with Gasteiger partial charge in [0, 0.05) is 18.7 Å². The summed E-state index contributed by atoms with van der Waals surface area (Å²) in [4.78, 5) is 24.9. The Morgan fingerprint density at radius 3 is 2.70 bits per heavy atom. The van der Waals surface area contributed by atoms with Gasteiger partial charge >= 0.3 is 0 Å². The van der Waals surface area contributed by atoms with E-state index in [0.717, 1.165) is 6.54 Å². The molecule has 0 radical (unpaired) electrons. The number of hydrogen-bond acceptors (Lipinski definition) is 6. The summed E-state index contributed by atoms with van der Waals surface area (Å²) >= 11 is 0. The van der Waals surface area contributed by atoms with Crippen molar-refractivity contribution in [3.63, 3.8) is 0 Å². The number of nitrogens with zero attached hydrogens (tertiary/aromatic N) is 2. The van der Waals surface area contributed by atoms with Gasteiger partial charge in [-0.05, 0) is 26.2 Å². The van der Waals surface area contributed by atoms with E-state index in [9.17, 15) is 9.18 Å². The van der Waals surface area contributed by atoms with Crippen LogP contribution in [0.3, 0.4) is 0 Å². The van der Waals surface area contributed by atoms with E-state index in [1.807, 2.05) is 19.0 Å². The lowest BCUT2D eigenvalue weighted by atomic mass is 10.1. The molecule has 0 bridgehead atoms. The van der Waals surface area contributed by atoms with Gasteiger partial charge in [0.1, 0.15) is 23.8 Å². The summed E-state index contributed by atoms with van der Waals surface area (Å²) in [7, 11) is 5.46. The zero-order chi connectivity index (χ0) is 21.4. The van der Waals surface area contributed by atoms with E-state index >= 15 is 0 Å². The minimum absolute atomic E-state index is 0.0281. The highest BCUT2D eigenvalue weighted by Crippen LogP contribution is 2.34. The molecule has 0 aliphatic carbocycles. The number of nitrogens with two attached hydrogens (primary N) is 1. The van der Waals surface area contributed by atoms with Gasteiger partial charge in [0.15, 0.2) is 11.5 Å². The molecule has 2 heterocycles. The van der Waals surface area contributed by atoms with Crippen LogP contribution in [0, 0.1) is 5.82 Å². The first-order valence-electron chi connectivity index (χ1n) is 9.34. The van der Waals surface area contributed by atoms with Crippen LogP contribution >= 0.6 is 0 Å². The number of imidazole rings is 1. The molecule has 0 aliphatic rings. The van der Waals surface area contributed by atoms with Crippen LogP contribution in [0.15, 0.2) is 35.1 Å². The number of ether oxygens (including phenoxy) is 2. The lowest BCUT2D eigenvalue weighted by Gasteiger charge is -2.13. The molecule has 0 amide bonds. The van der Waals surface area contributed by atoms with E-state index in [4.69, 9.17) is 15.2 Å². The standard InChI is InChI=1S/C21H22FN5O3/c1-27(2)7-8-30-16-10-14-13(9-15(16)29-3)24-20(25-14)18-19(23)17-11(22)5-4-6-12(17)26-21(18)28/h4-6,9-10H,7-8H2,1-3H3,(H,24,25)(H3,23,26,28). The zero-order valence-corrected chi connectivity index (χ0v) is 16.9. The van der Waals surface area contributed by atoms with Crippen molar-refractivity contribution in [2.24, 2.45) is 0 Å². The minimum atomic E-state index is -0.517. The third-order valence-corrected chi connectivity index (χ3v) is 4.83. The maximum Gasteiger partial charge on any atom is 0.261 e. The van der Waals surface area contributed by atoms with Crippen LogP contribution in [0.1, 0.15) is 0 Å².